The minimum absolute atomic E-state index is 0.253. The molecule has 0 spiro atoms. The van der Waals surface area contributed by atoms with E-state index in [1.165, 1.54) is 0 Å². The second-order valence-corrected chi connectivity index (χ2v) is 6.45. The van der Waals surface area contributed by atoms with Crippen molar-refractivity contribution in [3.63, 3.8) is 0 Å². The molecule has 1 aliphatic heterocycles. The minimum Gasteiger partial charge on any atom is -0.497 e. The van der Waals surface area contributed by atoms with Gasteiger partial charge in [-0.1, -0.05) is 12.1 Å². The van der Waals surface area contributed by atoms with Crippen LogP contribution in [0.15, 0.2) is 24.3 Å². The molecule has 0 bridgehead atoms. The number of carbonyl (C=O) groups is 1. The highest BCUT2D eigenvalue weighted by Crippen LogP contribution is 2.50. The molecular formula is C17H21F2NO4. The van der Waals surface area contributed by atoms with E-state index in [-0.39, 0.29) is 18.9 Å². The van der Waals surface area contributed by atoms with Crippen LogP contribution in [0.5, 0.6) is 5.75 Å². The molecular weight excluding hydrogens is 320 g/mol. The maximum Gasteiger partial charge on any atom is 0.306 e. The van der Waals surface area contributed by atoms with Crippen molar-refractivity contribution in [1.29, 1.82) is 0 Å². The van der Waals surface area contributed by atoms with E-state index in [1.54, 1.807) is 7.11 Å². The molecule has 1 aromatic rings. The second kappa shape index (κ2) is 6.64. The highest BCUT2D eigenvalue weighted by atomic mass is 19.3. The lowest BCUT2D eigenvalue weighted by molar-refractivity contribution is -0.155. The molecule has 132 valence electrons. The minimum atomic E-state index is -2.74. The zero-order valence-corrected chi connectivity index (χ0v) is 13.4. The third-order valence-electron chi connectivity index (χ3n) is 4.62. The van der Waals surface area contributed by atoms with Gasteiger partial charge in [0.1, 0.15) is 18.0 Å². The van der Waals surface area contributed by atoms with Crippen molar-refractivity contribution >= 4 is 5.97 Å². The van der Waals surface area contributed by atoms with Gasteiger partial charge in [0.15, 0.2) is 0 Å². The fraction of sp³-hybridized carbons (Fsp3) is 0.588. The number of aliphatic hydroxyl groups is 1. The molecule has 0 radical (unpaired) electrons. The first-order chi connectivity index (χ1) is 11.4. The molecule has 1 saturated carbocycles. The average molecular weight is 341 g/mol. The number of esters is 1. The summed E-state index contributed by atoms with van der Waals surface area (Å²) in [6.07, 6.45) is -1.57. The van der Waals surface area contributed by atoms with Gasteiger partial charge in [0.25, 0.3) is 5.92 Å². The summed E-state index contributed by atoms with van der Waals surface area (Å²) in [5.74, 6) is -3.60. The van der Waals surface area contributed by atoms with Gasteiger partial charge < -0.3 is 19.9 Å². The van der Waals surface area contributed by atoms with E-state index < -0.39 is 30.0 Å². The van der Waals surface area contributed by atoms with Crippen molar-refractivity contribution in [3.05, 3.63) is 29.8 Å². The first-order valence-corrected chi connectivity index (χ1v) is 8.01. The molecule has 1 saturated heterocycles. The van der Waals surface area contributed by atoms with Crippen LogP contribution in [0.25, 0.3) is 0 Å². The fourth-order valence-electron chi connectivity index (χ4n) is 3.03. The van der Waals surface area contributed by atoms with Gasteiger partial charge in [0.2, 0.25) is 0 Å². The molecule has 1 aliphatic carbocycles. The summed E-state index contributed by atoms with van der Waals surface area (Å²) in [6.45, 7) is 0.304. The van der Waals surface area contributed by atoms with E-state index in [9.17, 15) is 18.7 Å². The van der Waals surface area contributed by atoms with Crippen molar-refractivity contribution in [2.45, 2.75) is 43.4 Å². The highest BCUT2D eigenvalue weighted by Gasteiger charge is 2.57. The quantitative estimate of drug-likeness (QED) is 0.768. The van der Waals surface area contributed by atoms with Crippen LogP contribution in [0.3, 0.4) is 0 Å². The second-order valence-electron chi connectivity index (χ2n) is 6.45. The summed E-state index contributed by atoms with van der Waals surface area (Å²) in [5, 5.41) is 13.1. The Labute approximate surface area is 138 Å². The highest BCUT2D eigenvalue weighted by molar-refractivity contribution is 5.70. The van der Waals surface area contributed by atoms with Gasteiger partial charge in [-0.25, -0.2) is 8.78 Å². The molecule has 2 fully saturated rings. The lowest BCUT2D eigenvalue weighted by Gasteiger charge is -2.22. The number of nitrogens with one attached hydrogen (secondary N) is 1. The summed E-state index contributed by atoms with van der Waals surface area (Å²) >= 11 is 0. The number of aliphatic hydroxyl groups excluding tert-OH is 1. The number of ether oxygens (including phenoxy) is 2. The largest absolute Gasteiger partial charge is 0.497 e. The molecule has 3 rings (SSSR count). The Morgan fingerprint density at radius 1 is 1.38 bits per heavy atom. The number of hydrogen-bond donors (Lipinski definition) is 2. The lowest BCUT2D eigenvalue weighted by atomic mass is 10.0. The zero-order valence-electron chi connectivity index (χ0n) is 13.4. The van der Waals surface area contributed by atoms with Crippen LogP contribution < -0.4 is 10.1 Å². The summed E-state index contributed by atoms with van der Waals surface area (Å²) in [5.41, 5.74) is 0.997. The van der Waals surface area contributed by atoms with Crippen LogP contribution in [-0.4, -0.2) is 48.9 Å². The maximum absolute atomic E-state index is 12.9. The van der Waals surface area contributed by atoms with E-state index in [1.807, 2.05) is 24.3 Å². The van der Waals surface area contributed by atoms with Crippen molar-refractivity contribution in [1.82, 2.24) is 5.32 Å². The first-order valence-electron chi connectivity index (χ1n) is 8.01. The van der Waals surface area contributed by atoms with Gasteiger partial charge in [0, 0.05) is 18.9 Å². The van der Waals surface area contributed by atoms with Gasteiger partial charge in [0.05, 0.1) is 19.6 Å². The van der Waals surface area contributed by atoms with Gasteiger partial charge in [-0.05, 0) is 24.1 Å². The molecule has 5 nitrogen and oxygen atoms in total. The van der Waals surface area contributed by atoms with Crippen LogP contribution in [0.2, 0.25) is 0 Å². The Kier molecular flexibility index (Phi) is 4.73. The standard InChI is InChI=1S/C17H21F2NO4/c1-23-12-4-2-10(3-5-12)6-13-16(14(21)9-20-13)24-15(22)7-11-8-17(11,18)19/h2-5,11,13-14,16,20-21H,6-9H2,1H3/t11?,13-,14+,16+/m1/s1. The van der Waals surface area contributed by atoms with Crippen LogP contribution in [-0.2, 0) is 16.0 Å². The predicted molar refractivity (Wildman–Crippen MR) is 82.0 cm³/mol. The number of rotatable bonds is 6. The molecule has 1 heterocycles. The normalized spacial score (nSPS) is 30.8. The number of halogens is 2. The number of alkyl halides is 2. The Balaban J connectivity index is 1.57. The summed E-state index contributed by atoms with van der Waals surface area (Å²) in [7, 11) is 1.59. The molecule has 7 heteroatoms. The third kappa shape index (κ3) is 3.84. The number of methoxy groups -OCH3 is 1. The average Bonchev–Trinajstić information content (AvgIpc) is 3.00. The van der Waals surface area contributed by atoms with Crippen LogP contribution in [0.4, 0.5) is 8.78 Å². The van der Waals surface area contributed by atoms with E-state index in [4.69, 9.17) is 9.47 Å². The third-order valence-corrected chi connectivity index (χ3v) is 4.62. The number of benzene rings is 1. The molecule has 1 aromatic carbocycles. The molecule has 1 unspecified atom stereocenters. The maximum atomic E-state index is 12.9. The zero-order chi connectivity index (χ0) is 17.3. The van der Waals surface area contributed by atoms with E-state index in [0.717, 1.165) is 11.3 Å². The lowest BCUT2D eigenvalue weighted by Crippen LogP contribution is -2.39. The van der Waals surface area contributed by atoms with Crippen molar-refractivity contribution in [2.75, 3.05) is 13.7 Å². The van der Waals surface area contributed by atoms with Gasteiger partial charge in [-0.2, -0.15) is 0 Å². The summed E-state index contributed by atoms with van der Waals surface area (Å²) in [4.78, 5) is 11.9. The summed E-state index contributed by atoms with van der Waals surface area (Å²) in [6, 6.07) is 7.20. The molecule has 4 atom stereocenters. The first kappa shape index (κ1) is 17.1. The molecule has 0 aromatic heterocycles. The van der Waals surface area contributed by atoms with Gasteiger partial charge >= 0.3 is 5.97 Å². The number of carbonyl (C=O) groups excluding carboxylic acids is 1. The van der Waals surface area contributed by atoms with E-state index >= 15 is 0 Å². The van der Waals surface area contributed by atoms with Crippen molar-refractivity contribution < 1.29 is 28.2 Å². The molecule has 2 N–H and O–H groups in total. The molecule has 2 aliphatic rings. The van der Waals surface area contributed by atoms with Gasteiger partial charge in [-0.15, -0.1) is 0 Å². The number of hydrogen-bond acceptors (Lipinski definition) is 5. The Bertz CT molecular complexity index is 593. The van der Waals surface area contributed by atoms with Crippen molar-refractivity contribution in [3.8, 4) is 5.75 Å². The molecule has 0 amide bonds. The topological polar surface area (TPSA) is 67.8 Å². The summed E-state index contributed by atoms with van der Waals surface area (Å²) < 4.78 is 36.2. The van der Waals surface area contributed by atoms with Crippen molar-refractivity contribution in [2.24, 2.45) is 5.92 Å². The van der Waals surface area contributed by atoms with E-state index in [2.05, 4.69) is 5.32 Å². The Hall–Kier alpha value is -1.73. The van der Waals surface area contributed by atoms with Crippen LogP contribution in [0.1, 0.15) is 18.4 Å². The Morgan fingerprint density at radius 2 is 2.04 bits per heavy atom. The van der Waals surface area contributed by atoms with Crippen LogP contribution in [0, 0.1) is 5.92 Å². The monoisotopic (exact) mass is 341 g/mol. The SMILES string of the molecule is COc1ccc(C[C@H]2NC[C@H](O)[C@H]2OC(=O)CC2CC2(F)F)cc1. The smallest absolute Gasteiger partial charge is 0.306 e. The number of β-amino-alcohol motifs (C(OH)–C–C–N with tert-alkyl or cyclic N) is 1. The fourth-order valence-corrected chi connectivity index (χ4v) is 3.03. The van der Waals surface area contributed by atoms with E-state index in [0.29, 0.717) is 13.0 Å². The molecule has 24 heavy (non-hydrogen) atoms. The van der Waals surface area contributed by atoms with Crippen LogP contribution >= 0.6 is 0 Å². The Morgan fingerprint density at radius 3 is 2.62 bits per heavy atom. The van der Waals surface area contributed by atoms with Gasteiger partial charge in [-0.3, -0.25) is 4.79 Å². The predicted octanol–water partition coefficient (Wildman–Crippen LogP) is 1.53.